The molecule has 0 saturated carbocycles. The molecule has 78 valence electrons. The van der Waals surface area contributed by atoms with Gasteiger partial charge < -0.3 is 0 Å². The van der Waals surface area contributed by atoms with Crippen molar-refractivity contribution in [2.24, 2.45) is 0 Å². The van der Waals surface area contributed by atoms with E-state index in [0.717, 1.165) is 15.9 Å². The van der Waals surface area contributed by atoms with Crippen LogP contribution in [0, 0.1) is 0 Å². The number of hydrogen-bond acceptors (Lipinski definition) is 3. The average molecular weight is 291 g/mol. The van der Waals surface area contributed by atoms with Gasteiger partial charge in [0.25, 0.3) is 0 Å². The van der Waals surface area contributed by atoms with Crippen LogP contribution in [0.1, 0.15) is 0 Å². The molecule has 2 heterocycles. The van der Waals surface area contributed by atoms with Gasteiger partial charge in [0.15, 0.2) is 0 Å². The van der Waals surface area contributed by atoms with Crippen LogP contribution in [0.25, 0.3) is 21.3 Å². The lowest BCUT2D eigenvalue weighted by Crippen LogP contribution is -1.85. The van der Waals surface area contributed by atoms with Crippen LogP contribution in [-0.4, -0.2) is 9.97 Å². The highest BCUT2D eigenvalue weighted by Gasteiger charge is 2.06. The summed E-state index contributed by atoms with van der Waals surface area (Å²) in [5, 5.41) is 3.36. The lowest BCUT2D eigenvalue weighted by Gasteiger charge is -2.02. The molecular weight excluding hydrogens is 284 g/mol. The predicted octanol–water partition coefficient (Wildman–Crippen LogP) is 4.12. The first kappa shape index (κ1) is 9.93. The Morgan fingerprint density at radius 1 is 1.12 bits per heavy atom. The molecule has 0 amide bonds. The van der Waals surface area contributed by atoms with Crippen molar-refractivity contribution in [3.8, 4) is 11.3 Å². The van der Waals surface area contributed by atoms with E-state index in [4.69, 9.17) is 0 Å². The summed E-state index contributed by atoms with van der Waals surface area (Å²) in [6.45, 7) is 0. The average Bonchev–Trinajstić information content (AvgIpc) is 2.76. The summed E-state index contributed by atoms with van der Waals surface area (Å²) >= 11 is 5.11. The van der Waals surface area contributed by atoms with Crippen LogP contribution in [0.5, 0.6) is 0 Å². The van der Waals surface area contributed by atoms with Gasteiger partial charge in [-0.1, -0.05) is 18.2 Å². The minimum atomic E-state index is 0.811. The molecule has 0 aliphatic carbocycles. The van der Waals surface area contributed by atoms with E-state index in [9.17, 15) is 0 Å². The van der Waals surface area contributed by atoms with Gasteiger partial charge in [-0.15, -0.1) is 11.3 Å². The van der Waals surface area contributed by atoms with Crippen LogP contribution < -0.4 is 0 Å². The number of benzene rings is 1. The fourth-order valence-corrected chi connectivity index (χ4v) is 2.91. The van der Waals surface area contributed by atoms with Gasteiger partial charge >= 0.3 is 0 Å². The Morgan fingerprint density at radius 3 is 2.94 bits per heavy atom. The lowest BCUT2D eigenvalue weighted by molar-refractivity contribution is 1.15. The van der Waals surface area contributed by atoms with E-state index in [1.165, 1.54) is 10.1 Å². The summed E-state index contributed by atoms with van der Waals surface area (Å²) in [5.41, 5.74) is 2.12. The maximum atomic E-state index is 4.31. The van der Waals surface area contributed by atoms with Crippen molar-refractivity contribution in [2.45, 2.75) is 0 Å². The van der Waals surface area contributed by atoms with Gasteiger partial charge in [0.1, 0.15) is 10.9 Å². The summed E-state index contributed by atoms with van der Waals surface area (Å²) in [6, 6.07) is 10.3. The third-order valence-electron chi connectivity index (χ3n) is 2.39. The van der Waals surface area contributed by atoms with Crippen LogP contribution in [0.15, 0.2) is 46.6 Å². The summed E-state index contributed by atoms with van der Waals surface area (Å²) in [5.74, 6) is 0. The molecule has 0 unspecified atom stereocenters. The van der Waals surface area contributed by atoms with Crippen molar-refractivity contribution in [1.29, 1.82) is 0 Å². The molecule has 0 bridgehead atoms. The summed E-state index contributed by atoms with van der Waals surface area (Å²) < 4.78 is 2.08. The maximum Gasteiger partial charge on any atom is 0.117 e. The SMILES string of the molecule is Brc1cc(-c2cccc3ccsc23)ncn1. The topological polar surface area (TPSA) is 25.8 Å². The van der Waals surface area contributed by atoms with Gasteiger partial charge in [-0.05, 0) is 38.8 Å². The number of rotatable bonds is 1. The number of aromatic nitrogens is 2. The quantitative estimate of drug-likeness (QED) is 0.630. The molecule has 0 atom stereocenters. The Labute approximate surface area is 105 Å². The van der Waals surface area contributed by atoms with Gasteiger partial charge in [-0.3, -0.25) is 0 Å². The van der Waals surface area contributed by atoms with Crippen molar-refractivity contribution in [1.82, 2.24) is 9.97 Å². The first-order chi connectivity index (χ1) is 7.84. The standard InChI is InChI=1S/C12H7BrN2S/c13-11-6-10(14-7-15-11)9-3-1-2-8-4-5-16-12(8)9/h1-7H. The monoisotopic (exact) mass is 290 g/mol. The number of nitrogens with zero attached hydrogens (tertiary/aromatic N) is 2. The van der Waals surface area contributed by atoms with Gasteiger partial charge in [0, 0.05) is 10.3 Å². The third-order valence-corrected chi connectivity index (χ3v) is 3.79. The predicted molar refractivity (Wildman–Crippen MR) is 70.6 cm³/mol. The van der Waals surface area contributed by atoms with Crippen molar-refractivity contribution >= 4 is 37.4 Å². The van der Waals surface area contributed by atoms with E-state index in [-0.39, 0.29) is 0 Å². The van der Waals surface area contributed by atoms with Crippen molar-refractivity contribution < 1.29 is 0 Å². The Hall–Kier alpha value is -1.26. The highest BCUT2D eigenvalue weighted by atomic mass is 79.9. The fraction of sp³-hybridized carbons (Fsp3) is 0. The van der Waals surface area contributed by atoms with Gasteiger partial charge in [-0.25, -0.2) is 9.97 Å². The summed E-state index contributed by atoms with van der Waals surface area (Å²) in [7, 11) is 0. The van der Waals surface area contributed by atoms with Gasteiger partial charge in [0.05, 0.1) is 5.69 Å². The number of thiophene rings is 1. The highest BCUT2D eigenvalue weighted by Crippen LogP contribution is 2.31. The van der Waals surface area contributed by atoms with Crippen LogP contribution in [0.4, 0.5) is 0 Å². The molecule has 0 saturated heterocycles. The molecule has 3 rings (SSSR count). The molecule has 0 aliphatic rings. The minimum Gasteiger partial charge on any atom is -0.236 e. The molecule has 0 N–H and O–H groups in total. The van der Waals surface area contributed by atoms with E-state index >= 15 is 0 Å². The second-order valence-corrected chi connectivity index (χ2v) is 5.10. The second-order valence-electron chi connectivity index (χ2n) is 3.37. The molecule has 0 radical (unpaired) electrons. The number of fused-ring (bicyclic) bond motifs is 1. The molecule has 2 nitrogen and oxygen atoms in total. The Kier molecular flexibility index (Phi) is 2.46. The third kappa shape index (κ3) is 1.64. The number of halogens is 1. The molecule has 0 spiro atoms. The molecule has 3 aromatic rings. The van der Waals surface area contributed by atoms with Crippen LogP contribution in [-0.2, 0) is 0 Å². The molecule has 0 fully saturated rings. The highest BCUT2D eigenvalue weighted by molar-refractivity contribution is 9.10. The zero-order chi connectivity index (χ0) is 11.0. The van der Waals surface area contributed by atoms with E-state index < -0.39 is 0 Å². The summed E-state index contributed by atoms with van der Waals surface area (Å²) in [4.78, 5) is 8.35. The molecule has 4 heteroatoms. The molecule has 1 aromatic carbocycles. The van der Waals surface area contributed by atoms with Crippen LogP contribution >= 0.6 is 27.3 Å². The first-order valence-corrected chi connectivity index (χ1v) is 6.46. The van der Waals surface area contributed by atoms with Gasteiger partial charge in [0.2, 0.25) is 0 Å². The minimum absolute atomic E-state index is 0.811. The van der Waals surface area contributed by atoms with Crippen LogP contribution in [0.3, 0.4) is 0 Å². The fourth-order valence-electron chi connectivity index (χ4n) is 1.68. The van der Waals surface area contributed by atoms with E-state index in [0.29, 0.717) is 0 Å². The van der Waals surface area contributed by atoms with E-state index in [1.54, 1.807) is 17.7 Å². The zero-order valence-corrected chi connectivity index (χ0v) is 10.6. The van der Waals surface area contributed by atoms with Gasteiger partial charge in [-0.2, -0.15) is 0 Å². The van der Waals surface area contributed by atoms with Crippen molar-refractivity contribution in [3.63, 3.8) is 0 Å². The smallest absolute Gasteiger partial charge is 0.117 e. The largest absolute Gasteiger partial charge is 0.236 e. The number of hydrogen-bond donors (Lipinski definition) is 0. The Morgan fingerprint density at radius 2 is 2.06 bits per heavy atom. The Balaban J connectivity index is 2.29. The van der Waals surface area contributed by atoms with Crippen LogP contribution in [0.2, 0.25) is 0 Å². The van der Waals surface area contributed by atoms with Crippen molar-refractivity contribution in [3.05, 3.63) is 46.6 Å². The molecule has 16 heavy (non-hydrogen) atoms. The maximum absolute atomic E-state index is 4.31. The lowest BCUT2D eigenvalue weighted by atomic mass is 10.1. The normalized spacial score (nSPS) is 10.8. The second kappa shape index (κ2) is 3.96. The molecule has 0 aliphatic heterocycles. The molecule has 2 aromatic heterocycles. The van der Waals surface area contributed by atoms with E-state index in [2.05, 4.69) is 55.5 Å². The first-order valence-electron chi connectivity index (χ1n) is 4.79. The Bertz CT molecular complexity index is 648. The summed E-state index contributed by atoms with van der Waals surface area (Å²) in [6.07, 6.45) is 1.58. The zero-order valence-electron chi connectivity index (χ0n) is 8.22. The molecular formula is C12H7BrN2S. The van der Waals surface area contributed by atoms with E-state index in [1.807, 2.05) is 6.07 Å². The van der Waals surface area contributed by atoms with Crippen molar-refractivity contribution in [2.75, 3.05) is 0 Å².